The first-order valence-electron chi connectivity index (χ1n) is 6.51. The van der Waals surface area contributed by atoms with Crippen LogP contribution in [0.3, 0.4) is 0 Å². The molecule has 0 saturated carbocycles. The Morgan fingerprint density at radius 1 is 1.20 bits per heavy atom. The van der Waals surface area contributed by atoms with E-state index in [1.165, 1.54) is 5.56 Å². The number of hydrogen-bond donors (Lipinski definition) is 1. The van der Waals surface area contributed by atoms with Gasteiger partial charge in [0.05, 0.1) is 6.54 Å². The molecule has 4 heteroatoms. The highest BCUT2D eigenvalue weighted by Crippen LogP contribution is 2.27. The molecule has 1 aliphatic rings. The van der Waals surface area contributed by atoms with Crippen LogP contribution in [0.2, 0.25) is 0 Å². The van der Waals surface area contributed by atoms with E-state index >= 15 is 0 Å². The zero-order chi connectivity index (χ0) is 13.9. The van der Waals surface area contributed by atoms with Crippen LogP contribution >= 0.6 is 15.9 Å². The van der Waals surface area contributed by atoms with Crippen molar-refractivity contribution < 1.29 is 9.53 Å². The molecule has 0 aromatic heterocycles. The van der Waals surface area contributed by atoms with Crippen molar-refractivity contribution in [2.75, 3.05) is 6.54 Å². The summed E-state index contributed by atoms with van der Waals surface area (Å²) in [5, 5.41) is 2.92. The van der Waals surface area contributed by atoms with Gasteiger partial charge in [-0.3, -0.25) is 4.79 Å². The van der Waals surface area contributed by atoms with E-state index in [-0.39, 0.29) is 12.0 Å². The molecule has 102 valence electrons. The maximum Gasteiger partial charge on any atom is 0.251 e. The number of benzene rings is 2. The predicted molar refractivity (Wildman–Crippen MR) is 81.0 cm³/mol. The lowest BCUT2D eigenvalue weighted by Gasteiger charge is -2.12. The van der Waals surface area contributed by atoms with Crippen LogP contribution in [0.5, 0.6) is 5.75 Å². The van der Waals surface area contributed by atoms with Crippen molar-refractivity contribution in [1.29, 1.82) is 0 Å². The van der Waals surface area contributed by atoms with Crippen molar-refractivity contribution in [2.45, 2.75) is 12.5 Å². The molecule has 1 atom stereocenters. The Bertz CT molecular complexity index is 600. The molecule has 1 amide bonds. The molecule has 0 aliphatic carbocycles. The van der Waals surface area contributed by atoms with Crippen LogP contribution in [-0.4, -0.2) is 18.6 Å². The summed E-state index contributed by atoms with van der Waals surface area (Å²) in [6.07, 6.45) is 0.864. The van der Waals surface area contributed by atoms with Crippen LogP contribution in [0, 0.1) is 0 Å². The lowest BCUT2D eigenvalue weighted by molar-refractivity contribution is 0.0933. The molecule has 0 saturated heterocycles. The van der Waals surface area contributed by atoms with Gasteiger partial charge in [0.2, 0.25) is 0 Å². The van der Waals surface area contributed by atoms with Crippen LogP contribution in [0.15, 0.2) is 53.0 Å². The highest BCUT2D eigenvalue weighted by molar-refractivity contribution is 9.10. The molecule has 2 aromatic carbocycles. The van der Waals surface area contributed by atoms with Crippen molar-refractivity contribution in [3.05, 3.63) is 64.1 Å². The van der Waals surface area contributed by atoms with Gasteiger partial charge in [-0.1, -0.05) is 34.1 Å². The molecule has 3 rings (SSSR count). The zero-order valence-electron chi connectivity index (χ0n) is 10.8. The van der Waals surface area contributed by atoms with Gasteiger partial charge in [-0.05, 0) is 35.9 Å². The first kappa shape index (κ1) is 13.2. The second-order valence-corrected chi connectivity index (χ2v) is 5.68. The van der Waals surface area contributed by atoms with Gasteiger partial charge in [-0.15, -0.1) is 0 Å². The number of hydrogen-bond acceptors (Lipinski definition) is 2. The third-order valence-corrected chi connectivity index (χ3v) is 3.84. The number of halogens is 1. The minimum absolute atomic E-state index is 0.0202. The second-order valence-electron chi connectivity index (χ2n) is 4.77. The SMILES string of the molecule is O=C(NCC1Cc2ccccc2O1)c1ccc(Br)cc1. The molecular weight excluding hydrogens is 318 g/mol. The van der Waals surface area contributed by atoms with Crippen molar-refractivity contribution in [3.63, 3.8) is 0 Å². The molecule has 0 spiro atoms. The Morgan fingerprint density at radius 3 is 2.70 bits per heavy atom. The fraction of sp³-hybridized carbons (Fsp3) is 0.188. The second kappa shape index (κ2) is 5.67. The Kier molecular flexibility index (Phi) is 3.74. The number of amides is 1. The smallest absolute Gasteiger partial charge is 0.251 e. The van der Waals surface area contributed by atoms with Crippen LogP contribution in [0.4, 0.5) is 0 Å². The van der Waals surface area contributed by atoms with E-state index in [0.29, 0.717) is 12.1 Å². The van der Waals surface area contributed by atoms with Crippen LogP contribution < -0.4 is 10.1 Å². The van der Waals surface area contributed by atoms with E-state index in [1.807, 2.05) is 30.3 Å². The minimum Gasteiger partial charge on any atom is -0.488 e. The van der Waals surface area contributed by atoms with E-state index in [1.54, 1.807) is 12.1 Å². The molecule has 0 fully saturated rings. The maximum atomic E-state index is 12.0. The summed E-state index contributed by atoms with van der Waals surface area (Å²) >= 11 is 3.35. The van der Waals surface area contributed by atoms with Crippen LogP contribution in [-0.2, 0) is 6.42 Å². The molecule has 2 aromatic rings. The predicted octanol–water partition coefficient (Wildman–Crippen LogP) is 3.18. The summed E-state index contributed by atoms with van der Waals surface area (Å²) in [7, 11) is 0. The summed E-state index contributed by atoms with van der Waals surface area (Å²) in [5.74, 6) is 0.854. The highest BCUT2D eigenvalue weighted by Gasteiger charge is 2.22. The summed E-state index contributed by atoms with van der Waals surface area (Å²) in [6.45, 7) is 0.517. The van der Waals surface area contributed by atoms with Crippen LogP contribution in [0.1, 0.15) is 15.9 Å². The molecule has 1 unspecified atom stereocenters. The summed E-state index contributed by atoms with van der Waals surface area (Å²) in [4.78, 5) is 12.0. The third kappa shape index (κ3) is 2.85. The Balaban J connectivity index is 1.56. The minimum atomic E-state index is -0.0722. The Hall–Kier alpha value is -1.81. The van der Waals surface area contributed by atoms with Gasteiger partial charge in [0.15, 0.2) is 0 Å². The summed E-state index contributed by atoms with van der Waals surface area (Å²) < 4.78 is 6.75. The van der Waals surface area contributed by atoms with Crippen molar-refractivity contribution >= 4 is 21.8 Å². The normalized spacial score (nSPS) is 16.4. The van der Waals surface area contributed by atoms with E-state index in [4.69, 9.17) is 4.74 Å². The quantitative estimate of drug-likeness (QED) is 0.938. The summed E-state index contributed by atoms with van der Waals surface area (Å²) in [5.41, 5.74) is 1.86. The Morgan fingerprint density at radius 2 is 1.95 bits per heavy atom. The molecule has 1 N–H and O–H groups in total. The van der Waals surface area contributed by atoms with Gasteiger partial charge >= 0.3 is 0 Å². The van der Waals surface area contributed by atoms with Crippen LogP contribution in [0.25, 0.3) is 0 Å². The number of nitrogens with one attached hydrogen (secondary N) is 1. The lowest BCUT2D eigenvalue weighted by Crippen LogP contribution is -2.34. The van der Waals surface area contributed by atoms with E-state index in [9.17, 15) is 4.79 Å². The average molecular weight is 332 g/mol. The molecule has 20 heavy (non-hydrogen) atoms. The zero-order valence-corrected chi connectivity index (χ0v) is 12.4. The number of fused-ring (bicyclic) bond motifs is 1. The first-order chi connectivity index (χ1) is 9.72. The van der Waals surface area contributed by atoms with E-state index < -0.39 is 0 Å². The van der Waals surface area contributed by atoms with Gasteiger partial charge in [0.25, 0.3) is 5.91 Å². The number of rotatable bonds is 3. The van der Waals surface area contributed by atoms with E-state index in [2.05, 4.69) is 27.3 Å². The number of carbonyl (C=O) groups is 1. The fourth-order valence-electron chi connectivity index (χ4n) is 2.28. The summed E-state index contributed by atoms with van der Waals surface area (Å²) in [6, 6.07) is 15.3. The number of para-hydroxylation sites is 1. The van der Waals surface area contributed by atoms with Gasteiger partial charge in [-0.2, -0.15) is 0 Å². The third-order valence-electron chi connectivity index (χ3n) is 3.31. The molecule has 0 bridgehead atoms. The number of ether oxygens (including phenoxy) is 1. The van der Waals surface area contributed by atoms with Gasteiger partial charge in [0.1, 0.15) is 11.9 Å². The highest BCUT2D eigenvalue weighted by atomic mass is 79.9. The molecule has 1 aliphatic heterocycles. The first-order valence-corrected chi connectivity index (χ1v) is 7.30. The topological polar surface area (TPSA) is 38.3 Å². The van der Waals surface area contributed by atoms with Crippen molar-refractivity contribution in [3.8, 4) is 5.75 Å². The van der Waals surface area contributed by atoms with Crippen molar-refractivity contribution in [1.82, 2.24) is 5.32 Å². The molecule has 3 nitrogen and oxygen atoms in total. The Labute approximate surface area is 126 Å². The lowest BCUT2D eigenvalue weighted by atomic mass is 10.1. The van der Waals surface area contributed by atoms with Gasteiger partial charge in [0, 0.05) is 16.5 Å². The molecular formula is C16H14BrNO2. The molecule has 0 radical (unpaired) electrons. The maximum absolute atomic E-state index is 12.0. The largest absolute Gasteiger partial charge is 0.488 e. The van der Waals surface area contributed by atoms with E-state index in [0.717, 1.165) is 16.6 Å². The standard InChI is InChI=1S/C16H14BrNO2/c17-13-7-5-11(6-8-13)16(19)18-10-14-9-12-3-1-2-4-15(12)20-14/h1-8,14H,9-10H2,(H,18,19). The molecule has 1 heterocycles. The van der Waals surface area contributed by atoms with Gasteiger partial charge in [-0.25, -0.2) is 0 Å². The van der Waals surface area contributed by atoms with Crippen molar-refractivity contribution in [2.24, 2.45) is 0 Å². The fourth-order valence-corrected chi connectivity index (χ4v) is 2.54. The van der Waals surface area contributed by atoms with Gasteiger partial charge < -0.3 is 10.1 Å². The number of carbonyl (C=O) groups excluding carboxylic acids is 1. The monoisotopic (exact) mass is 331 g/mol. The average Bonchev–Trinajstić information content (AvgIpc) is 2.88.